The van der Waals surface area contributed by atoms with Crippen molar-refractivity contribution in [1.82, 2.24) is 4.40 Å². The molecule has 0 fully saturated rings. The van der Waals surface area contributed by atoms with E-state index in [1.165, 1.54) is 105 Å². The topological polar surface area (TPSA) is 4.41 Å². The summed E-state index contributed by atoms with van der Waals surface area (Å²) < 4.78 is 2.57. The summed E-state index contributed by atoms with van der Waals surface area (Å²) in [5.74, 6) is 2.55. The maximum absolute atomic E-state index is 2.57. The Bertz CT molecular complexity index is 2480. The normalized spacial score (nSPS) is 12.6. The maximum Gasteiger partial charge on any atom is 0.0620 e. The van der Waals surface area contributed by atoms with Gasteiger partial charge in [-0.25, -0.2) is 0 Å². The predicted octanol–water partition coefficient (Wildman–Crippen LogP) is 16.6. The van der Waals surface area contributed by atoms with Crippen LogP contribution in [0, 0.1) is 0 Å². The number of nitrogens with zero attached hydrogens (tertiary/aromatic N) is 1. The molecule has 0 amide bonds. The fourth-order valence-corrected chi connectivity index (χ4v) is 9.66. The summed E-state index contributed by atoms with van der Waals surface area (Å²) in [5, 5.41) is 5.35. The van der Waals surface area contributed by atoms with E-state index in [9.17, 15) is 0 Å². The molecule has 0 radical (unpaired) electrons. The van der Waals surface area contributed by atoms with Gasteiger partial charge in [-0.15, -0.1) is 0 Å². The molecule has 0 atom stereocenters. The molecule has 1 heteroatoms. The summed E-state index contributed by atoms with van der Waals surface area (Å²) in [5.41, 5.74) is 20.6. The van der Waals surface area contributed by atoms with Crippen molar-refractivity contribution in [2.75, 3.05) is 0 Å². The molecule has 0 unspecified atom stereocenters. The van der Waals surface area contributed by atoms with Crippen LogP contribution in [-0.4, -0.2) is 4.40 Å². The quantitative estimate of drug-likeness (QED) is 0.140. The van der Waals surface area contributed by atoms with Crippen LogP contribution in [0.1, 0.15) is 152 Å². The van der Waals surface area contributed by atoms with Gasteiger partial charge in [-0.05, 0) is 139 Å². The average molecular weight is 722 g/mol. The lowest BCUT2D eigenvalue weighted by Crippen LogP contribution is -2.00. The van der Waals surface area contributed by atoms with Gasteiger partial charge in [0.2, 0.25) is 0 Å². The molecule has 55 heavy (non-hydrogen) atoms. The Morgan fingerprint density at radius 2 is 0.582 bits per heavy atom. The van der Waals surface area contributed by atoms with Gasteiger partial charge in [0.15, 0.2) is 0 Å². The van der Waals surface area contributed by atoms with E-state index in [0.29, 0.717) is 35.5 Å². The summed E-state index contributed by atoms with van der Waals surface area (Å²) in [4.78, 5) is 0. The zero-order chi connectivity index (χ0) is 39.0. The Labute approximate surface area is 329 Å². The van der Waals surface area contributed by atoms with Crippen LogP contribution < -0.4 is 0 Å². The summed E-state index contributed by atoms with van der Waals surface area (Å²) in [6.45, 7) is 28.0. The SMILES string of the molecule is CC(C)c1cccc(C(C)C)c1-c1ccc2c(c1)c1cc(-c3c(C(C)C)cccc3C(C)C)cc3c4cc(-c5c(C(C)C)cccc5C(C)C)ccc4n2c13. The minimum absolute atomic E-state index is 0.411. The van der Waals surface area contributed by atoms with Gasteiger partial charge >= 0.3 is 0 Å². The summed E-state index contributed by atoms with van der Waals surface area (Å²) in [6, 6.07) is 40.5. The van der Waals surface area contributed by atoms with Gasteiger partial charge in [0.1, 0.15) is 0 Å². The monoisotopic (exact) mass is 721 g/mol. The van der Waals surface area contributed by atoms with Crippen LogP contribution in [0.5, 0.6) is 0 Å². The summed E-state index contributed by atoms with van der Waals surface area (Å²) in [6.07, 6.45) is 0. The number of fused-ring (bicyclic) bond motifs is 6. The third kappa shape index (κ3) is 5.97. The van der Waals surface area contributed by atoms with Crippen molar-refractivity contribution in [3.8, 4) is 33.4 Å². The van der Waals surface area contributed by atoms with E-state index in [1.807, 2.05) is 0 Å². The van der Waals surface area contributed by atoms with Crippen LogP contribution in [0.15, 0.2) is 103 Å². The van der Waals surface area contributed by atoms with E-state index < -0.39 is 0 Å². The molecule has 0 saturated heterocycles. The van der Waals surface area contributed by atoms with Crippen LogP contribution in [0.3, 0.4) is 0 Å². The number of hydrogen-bond donors (Lipinski definition) is 0. The highest BCUT2D eigenvalue weighted by atomic mass is 14.9. The minimum Gasteiger partial charge on any atom is -0.308 e. The first-order chi connectivity index (χ1) is 26.3. The molecule has 6 aromatic carbocycles. The van der Waals surface area contributed by atoms with Crippen molar-refractivity contribution < 1.29 is 0 Å². The Morgan fingerprint density at radius 1 is 0.309 bits per heavy atom. The standard InChI is InChI=1S/C54H59N/c1-30(2)39-16-13-17-40(31(3)4)51(39)36-22-24-49-45(26-36)47-28-38(53-43(34(9)10)20-15-21-44(53)35(11)12)29-48-46-27-37(23-25-50(46)55(49)54(47)48)52-41(32(5)6)18-14-19-42(52)33(7)8/h13-35H,1-12H3. The Morgan fingerprint density at radius 3 is 0.873 bits per heavy atom. The second-order valence-corrected chi connectivity index (χ2v) is 18.1. The molecule has 1 nitrogen and oxygen atoms in total. The van der Waals surface area contributed by atoms with E-state index in [2.05, 4.69) is 191 Å². The molecule has 0 N–H and O–H groups in total. The zero-order valence-corrected chi connectivity index (χ0v) is 35.2. The molecule has 0 aliphatic carbocycles. The Hall–Kier alpha value is -4.88. The van der Waals surface area contributed by atoms with Crippen molar-refractivity contribution in [1.29, 1.82) is 0 Å². The molecule has 0 spiro atoms. The highest BCUT2D eigenvalue weighted by molar-refractivity contribution is 6.25. The lowest BCUT2D eigenvalue weighted by Gasteiger charge is -2.21. The molecule has 2 aromatic heterocycles. The van der Waals surface area contributed by atoms with Crippen molar-refractivity contribution in [3.05, 3.63) is 137 Å². The largest absolute Gasteiger partial charge is 0.308 e. The molecule has 0 saturated carbocycles. The van der Waals surface area contributed by atoms with Gasteiger partial charge < -0.3 is 4.40 Å². The second kappa shape index (κ2) is 14.0. The van der Waals surface area contributed by atoms with Gasteiger partial charge in [-0.3, -0.25) is 0 Å². The van der Waals surface area contributed by atoms with Gasteiger partial charge in [-0.2, -0.15) is 0 Å². The van der Waals surface area contributed by atoms with Crippen molar-refractivity contribution in [3.63, 3.8) is 0 Å². The summed E-state index contributed by atoms with van der Waals surface area (Å²) >= 11 is 0. The second-order valence-electron chi connectivity index (χ2n) is 18.1. The Kier molecular flexibility index (Phi) is 9.44. The van der Waals surface area contributed by atoms with E-state index in [-0.39, 0.29) is 0 Å². The lowest BCUT2D eigenvalue weighted by molar-refractivity contribution is 0.838. The molecular formula is C54H59N. The molecule has 8 rings (SSSR count). The van der Waals surface area contributed by atoms with E-state index >= 15 is 0 Å². The summed E-state index contributed by atoms with van der Waals surface area (Å²) in [7, 11) is 0. The lowest BCUT2D eigenvalue weighted by atomic mass is 9.83. The highest BCUT2D eigenvalue weighted by Gasteiger charge is 2.25. The molecule has 0 bridgehead atoms. The van der Waals surface area contributed by atoms with Crippen LogP contribution in [0.2, 0.25) is 0 Å². The molecule has 0 aliphatic heterocycles. The third-order valence-electron chi connectivity index (χ3n) is 12.4. The van der Waals surface area contributed by atoms with Crippen LogP contribution >= 0.6 is 0 Å². The predicted molar refractivity (Wildman–Crippen MR) is 242 cm³/mol. The van der Waals surface area contributed by atoms with Gasteiger partial charge in [0.25, 0.3) is 0 Å². The van der Waals surface area contributed by atoms with Crippen LogP contribution in [0.25, 0.3) is 71.5 Å². The van der Waals surface area contributed by atoms with E-state index in [4.69, 9.17) is 0 Å². The fraction of sp³-hybridized carbons (Fsp3) is 0.333. The molecule has 0 aliphatic rings. The first-order valence-electron chi connectivity index (χ1n) is 20.9. The average Bonchev–Trinajstić information content (AvgIpc) is 3.67. The van der Waals surface area contributed by atoms with Crippen molar-refractivity contribution in [2.24, 2.45) is 0 Å². The molecule has 2 heterocycles. The van der Waals surface area contributed by atoms with Crippen molar-refractivity contribution in [2.45, 2.75) is 119 Å². The van der Waals surface area contributed by atoms with E-state index in [0.717, 1.165) is 0 Å². The number of benzene rings is 6. The van der Waals surface area contributed by atoms with Crippen molar-refractivity contribution >= 4 is 38.1 Å². The van der Waals surface area contributed by atoms with Crippen LogP contribution in [-0.2, 0) is 0 Å². The first-order valence-corrected chi connectivity index (χ1v) is 20.9. The minimum atomic E-state index is 0.411. The molecule has 280 valence electrons. The van der Waals surface area contributed by atoms with Crippen LogP contribution in [0.4, 0.5) is 0 Å². The Balaban J connectivity index is 1.52. The van der Waals surface area contributed by atoms with E-state index in [1.54, 1.807) is 0 Å². The smallest absolute Gasteiger partial charge is 0.0620 e. The number of aromatic nitrogens is 1. The third-order valence-corrected chi connectivity index (χ3v) is 12.4. The first kappa shape index (κ1) is 37.1. The maximum atomic E-state index is 2.57. The highest BCUT2D eigenvalue weighted by Crippen LogP contribution is 2.47. The van der Waals surface area contributed by atoms with Gasteiger partial charge in [0, 0.05) is 21.5 Å². The van der Waals surface area contributed by atoms with Gasteiger partial charge in [-0.1, -0.05) is 150 Å². The van der Waals surface area contributed by atoms with Gasteiger partial charge in [0.05, 0.1) is 16.6 Å². The number of rotatable bonds is 9. The molecule has 8 aromatic rings. The zero-order valence-electron chi connectivity index (χ0n) is 35.2. The number of hydrogen-bond acceptors (Lipinski definition) is 0. The fourth-order valence-electron chi connectivity index (χ4n) is 9.66. The molecular weight excluding hydrogens is 663 g/mol.